The predicted octanol–water partition coefficient (Wildman–Crippen LogP) is 1.84. The maximum Gasteiger partial charge on any atom is 0.243 e. The van der Waals surface area contributed by atoms with Gasteiger partial charge in [-0.3, -0.25) is 4.79 Å². The highest BCUT2D eigenvalue weighted by Crippen LogP contribution is 2.24. The Kier molecular flexibility index (Phi) is 8.34. The van der Waals surface area contributed by atoms with Crippen molar-refractivity contribution in [1.82, 2.24) is 13.9 Å². The van der Waals surface area contributed by atoms with Crippen LogP contribution in [0, 0.1) is 12.8 Å². The number of rotatable bonds is 9. The van der Waals surface area contributed by atoms with Crippen LogP contribution in [-0.4, -0.2) is 71.7 Å². The summed E-state index contributed by atoms with van der Waals surface area (Å²) in [4.78, 5) is 13.0. The minimum absolute atomic E-state index is 0.144. The van der Waals surface area contributed by atoms with Crippen LogP contribution in [0.3, 0.4) is 0 Å². The summed E-state index contributed by atoms with van der Waals surface area (Å²) in [5.74, 6) is -0.149. The Labute approximate surface area is 201 Å². The minimum Gasteiger partial charge on any atom is -0.492 e. The van der Waals surface area contributed by atoms with Crippen molar-refractivity contribution < 1.29 is 26.4 Å². The van der Waals surface area contributed by atoms with E-state index in [1.165, 1.54) is 30.5 Å². The molecule has 0 radical (unpaired) electrons. The van der Waals surface area contributed by atoms with Crippen molar-refractivity contribution in [3.8, 4) is 5.75 Å². The molecule has 1 atom stereocenters. The predicted molar refractivity (Wildman–Crippen MR) is 128 cm³/mol. The number of piperidine rings is 1. The molecule has 0 spiro atoms. The maximum atomic E-state index is 12.9. The van der Waals surface area contributed by atoms with E-state index < -0.39 is 26.0 Å². The van der Waals surface area contributed by atoms with Gasteiger partial charge in [0.1, 0.15) is 12.4 Å². The van der Waals surface area contributed by atoms with E-state index in [0.29, 0.717) is 25.1 Å². The second kappa shape index (κ2) is 10.9. The molecule has 0 aromatic heterocycles. The Morgan fingerprint density at radius 1 is 1.03 bits per heavy atom. The fourth-order valence-electron chi connectivity index (χ4n) is 3.64. The number of ether oxygens (including phenoxy) is 1. The molecule has 3 rings (SSSR count). The zero-order valence-electron chi connectivity index (χ0n) is 19.6. The molecule has 34 heavy (non-hydrogen) atoms. The highest BCUT2D eigenvalue weighted by atomic mass is 32.2. The first-order valence-electron chi connectivity index (χ1n) is 11.0. The molecule has 9 nitrogen and oxygen atoms in total. The van der Waals surface area contributed by atoms with Crippen molar-refractivity contribution in [3.63, 3.8) is 0 Å². The van der Waals surface area contributed by atoms with Crippen LogP contribution in [0.4, 0.5) is 0 Å². The van der Waals surface area contributed by atoms with Gasteiger partial charge >= 0.3 is 0 Å². The molecule has 1 fully saturated rings. The molecule has 186 valence electrons. The second-order valence-electron chi connectivity index (χ2n) is 8.41. The zero-order valence-corrected chi connectivity index (χ0v) is 21.2. The summed E-state index contributed by atoms with van der Waals surface area (Å²) < 4.78 is 58.2. The smallest absolute Gasteiger partial charge is 0.243 e. The van der Waals surface area contributed by atoms with Gasteiger partial charge in [0.15, 0.2) is 0 Å². The van der Waals surface area contributed by atoms with Gasteiger partial charge in [-0.15, -0.1) is 0 Å². The largest absolute Gasteiger partial charge is 0.492 e. The van der Waals surface area contributed by atoms with Crippen LogP contribution >= 0.6 is 0 Å². The molecule has 1 amide bonds. The Bertz CT molecular complexity index is 1190. The summed E-state index contributed by atoms with van der Waals surface area (Å²) >= 11 is 0. The number of amides is 1. The first-order valence-corrected chi connectivity index (χ1v) is 13.9. The topological polar surface area (TPSA) is 113 Å². The number of hydrogen-bond donors (Lipinski definition) is 1. The summed E-state index contributed by atoms with van der Waals surface area (Å²) in [6, 6.07) is 12.8. The Morgan fingerprint density at radius 3 is 2.26 bits per heavy atom. The highest BCUT2D eigenvalue weighted by molar-refractivity contribution is 7.89. The SMILES string of the molecule is Cc1ccc(S(=O)(=O)N2CCC[C@@H](C(=O)NCCOc3ccc(S(=O)(=O)N(C)C)cc3)C2)cc1. The molecule has 2 aromatic carbocycles. The van der Waals surface area contributed by atoms with Gasteiger partial charge < -0.3 is 10.1 Å². The van der Waals surface area contributed by atoms with Crippen LogP contribution in [0.1, 0.15) is 18.4 Å². The highest BCUT2D eigenvalue weighted by Gasteiger charge is 2.33. The molecular weight excluding hydrogens is 478 g/mol. The molecule has 1 aliphatic heterocycles. The Balaban J connectivity index is 1.49. The summed E-state index contributed by atoms with van der Waals surface area (Å²) in [7, 11) is -4.22. The van der Waals surface area contributed by atoms with Gasteiger partial charge in [0.2, 0.25) is 26.0 Å². The third-order valence-electron chi connectivity index (χ3n) is 5.69. The summed E-state index contributed by atoms with van der Waals surface area (Å²) in [6.45, 7) is 2.88. The maximum absolute atomic E-state index is 12.9. The quantitative estimate of drug-likeness (QED) is 0.516. The average Bonchev–Trinajstić information content (AvgIpc) is 2.82. The molecule has 0 unspecified atom stereocenters. The lowest BCUT2D eigenvalue weighted by atomic mass is 9.99. The first-order chi connectivity index (χ1) is 16.0. The third-order valence-corrected chi connectivity index (χ3v) is 9.39. The number of nitrogens with zero attached hydrogens (tertiary/aromatic N) is 2. The van der Waals surface area contributed by atoms with E-state index in [9.17, 15) is 21.6 Å². The van der Waals surface area contributed by atoms with Gasteiger partial charge in [0.25, 0.3) is 0 Å². The number of carbonyl (C=O) groups excluding carboxylic acids is 1. The van der Waals surface area contributed by atoms with Crippen molar-refractivity contribution in [2.75, 3.05) is 40.3 Å². The van der Waals surface area contributed by atoms with Gasteiger partial charge in [-0.25, -0.2) is 21.1 Å². The van der Waals surface area contributed by atoms with E-state index in [0.717, 1.165) is 9.87 Å². The molecule has 1 saturated heterocycles. The van der Waals surface area contributed by atoms with E-state index in [2.05, 4.69) is 5.32 Å². The van der Waals surface area contributed by atoms with Crippen LogP contribution < -0.4 is 10.1 Å². The number of hydrogen-bond acceptors (Lipinski definition) is 6. The van der Waals surface area contributed by atoms with Crippen LogP contribution in [0.15, 0.2) is 58.3 Å². The molecular formula is C23H31N3O6S2. The van der Waals surface area contributed by atoms with Crippen molar-refractivity contribution >= 4 is 26.0 Å². The van der Waals surface area contributed by atoms with Gasteiger partial charge in [-0.2, -0.15) is 4.31 Å². The molecule has 11 heteroatoms. The molecule has 0 aliphatic carbocycles. The number of sulfonamides is 2. The molecule has 1 heterocycles. The van der Waals surface area contributed by atoms with E-state index >= 15 is 0 Å². The standard InChI is InChI=1S/C23H31N3O6S2/c1-18-6-10-22(11-7-18)34(30,31)26-15-4-5-19(17-26)23(27)24-14-16-32-20-8-12-21(13-9-20)33(28,29)25(2)3/h6-13,19H,4-5,14-17H2,1-3H3,(H,24,27)/t19-/m1/s1. The summed E-state index contributed by atoms with van der Waals surface area (Å²) in [5.41, 5.74) is 0.978. The van der Waals surface area contributed by atoms with Gasteiger partial charge in [-0.05, 0) is 56.2 Å². The lowest BCUT2D eigenvalue weighted by Gasteiger charge is -2.31. The van der Waals surface area contributed by atoms with Gasteiger partial charge in [0.05, 0.1) is 22.3 Å². The van der Waals surface area contributed by atoms with Crippen molar-refractivity contribution in [3.05, 3.63) is 54.1 Å². The minimum atomic E-state index is -3.64. The second-order valence-corrected chi connectivity index (χ2v) is 12.5. The van der Waals surface area contributed by atoms with Crippen LogP contribution in [0.2, 0.25) is 0 Å². The third kappa shape index (κ3) is 6.15. The first kappa shape index (κ1) is 26.1. The number of carbonyl (C=O) groups is 1. The Morgan fingerprint density at radius 2 is 1.65 bits per heavy atom. The fourth-order valence-corrected chi connectivity index (χ4v) is 6.07. The summed E-state index contributed by atoms with van der Waals surface area (Å²) in [6.07, 6.45) is 1.23. The molecule has 1 N–H and O–H groups in total. The number of aryl methyl sites for hydroxylation is 1. The number of nitrogens with one attached hydrogen (secondary N) is 1. The Hall–Kier alpha value is -2.47. The molecule has 2 aromatic rings. The molecule has 0 bridgehead atoms. The van der Waals surface area contributed by atoms with Crippen molar-refractivity contribution in [2.24, 2.45) is 5.92 Å². The van der Waals surface area contributed by atoms with Crippen LogP contribution in [-0.2, 0) is 24.8 Å². The zero-order chi connectivity index (χ0) is 24.9. The van der Waals surface area contributed by atoms with E-state index in [1.54, 1.807) is 36.4 Å². The molecule has 1 aliphatic rings. The van der Waals surface area contributed by atoms with E-state index in [-0.39, 0.29) is 35.4 Å². The lowest BCUT2D eigenvalue weighted by Crippen LogP contribution is -2.45. The molecule has 0 saturated carbocycles. The lowest BCUT2D eigenvalue weighted by molar-refractivity contribution is -0.126. The van der Waals surface area contributed by atoms with Crippen LogP contribution in [0.25, 0.3) is 0 Å². The fraction of sp³-hybridized carbons (Fsp3) is 0.435. The van der Waals surface area contributed by atoms with E-state index in [1.807, 2.05) is 6.92 Å². The monoisotopic (exact) mass is 509 g/mol. The number of benzene rings is 2. The normalized spacial score (nSPS) is 17.5. The van der Waals surface area contributed by atoms with Crippen molar-refractivity contribution in [2.45, 2.75) is 29.6 Å². The van der Waals surface area contributed by atoms with Crippen molar-refractivity contribution in [1.29, 1.82) is 0 Å². The average molecular weight is 510 g/mol. The van der Waals surface area contributed by atoms with E-state index in [4.69, 9.17) is 4.74 Å². The van der Waals surface area contributed by atoms with Gasteiger partial charge in [0, 0.05) is 27.2 Å². The summed E-state index contributed by atoms with van der Waals surface area (Å²) in [5, 5.41) is 2.80. The van der Waals surface area contributed by atoms with Crippen LogP contribution in [0.5, 0.6) is 5.75 Å². The van der Waals surface area contributed by atoms with Gasteiger partial charge in [-0.1, -0.05) is 17.7 Å².